The summed E-state index contributed by atoms with van der Waals surface area (Å²) < 4.78 is 8.14. The van der Waals surface area contributed by atoms with E-state index in [1.165, 1.54) is 5.56 Å². The van der Waals surface area contributed by atoms with Crippen molar-refractivity contribution in [3.8, 4) is 0 Å². The van der Waals surface area contributed by atoms with Crippen LogP contribution in [0.5, 0.6) is 0 Å². The van der Waals surface area contributed by atoms with Gasteiger partial charge in [-0.15, -0.1) is 0 Å². The highest BCUT2D eigenvalue weighted by Gasteiger charge is 2.27. The number of fused-ring (bicyclic) bond motifs is 1. The van der Waals surface area contributed by atoms with Crippen LogP contribution in [-0.4, -0.2) is 28.0 Å². The SMILES string of the molecule is C[C@H](CC(=O)O)CC(=O)c1ccn2c1[C@H](CCCCCc1cccc(Cl)c1)OCC2. The highest BCUT2D eigenvalue weighted by Crippen LogP contribution is 2.32. The summed E-state index contributed by atoms with van der Waals surface area (Å²) >= 11 is 6.04. The number of carboxylic acids is 1. The van der Waals surface area contributed by atoms with Gasteiger partial charge in [0, 0.05) is 36.2 Å². The first-order valence-corrected chi connectivity index (χ1v) is 11.1. The van der Waals surface area contributed by atoms with Crippen molar-refractivity contribution >= 4 is 23.4 Å². The molecule has 2 heterocycles. The van der Waals surface area contributed by atoms with Crippen molar-refractivity contribution < 1.29 is 19.4 Å². The highest BCUT2D eigenvalue weighted by atomic mass is 35.5. The van der Waals surface area contributed by atoms with Gasteiger partial charge in [-0.05, 0) is 48.9 Å². The van der Waals surface area contributed by atoms with Crippen LogP contribution >= 0.6 is 11.6 Å². The molecule has 0 spiro atoms. The molecule has 30 heavy (non-hydrogen) atoms. The molecule has 1 aliphatic heterocycles. The molecule has 6 heteroatoms. The van der Waals surface area contributed by atoms with E-state index in [-0.39, 0.29) is 30.6 Å². The van der Waals surface area contributed by atoms with Gasteiger partial charge in [0.25, 0.3) is 0 Å². The lowest BCUT2D eigenvalue weighted by molar-refractivity contribution is -0.137. The molecular weight excluding hydrogens is 402 g/mol. The molecule has 0 unspecified atom stereocenters. The third-order valence-corrected chi connectivity index (χ3v) is 5.88. The maximum atomic E-state index is 12.8. The number of hydrogen-bond acceptors (Lipinski definition) is 3. The Kier molecular flexibility index (Phi) is 8.11. The summed E-state index contributed by atoms with van der Waals surface area (Å²) in [6.45, 7) is 3.21. The number of carbonyl (C=O) groups is 2. The number of ketones is 1. The Morgan fingerprint density at radius 3 is 2.83 bits per heavy atom. The molecule has 1 aromatic heterocycles. The third kappa shape index (κ3) is 6.19. The zero-order valence-electron chi connectivity index (χ0n) is 17.5. The summed E-state index contributed by atoms with van der Waals surface area (Å²) in [4.78, 5) is 23.7. The lowest BCUT2D eigenvalue weighted by Gasteiger charge is -2.27. The van der Waals surface area contributed by atoms with E-state index in [1.54, 1.807) is 0 Å². The average Bonchev–Trinajstić information content (AvgIpc) is 3.12. The van der Waals surface area contributed by atoms with Crippen molar-refractivity contribution in [1.29, 1.82) is 0 Å². The lowest BCUT2D eigenvalue weighted by Crippen LogP contribution is -2.23. The highest BCUT2D eigenvalue weighted by molar-refractivity contribution is 6.30. The van der Waals surface area contributed by atoms with Crippen LogP contribution in [0.2, 0.25) is 5.02 Å². The van der Waals surface area contributed by atoms with E-state index in [9.17, 15) is 9.59 Å². The van der Waals surface area contributed by atoms with Gasteiger partial charge in [0.1, 0.15) is 0 Å². The van der Waals surface area contributed by atoms with Gasteiger partial charge >= 0.3 is 5.97 Å². The average molecular weight is 432 g/mol. The van der Waals surface area contributed by atoms with Gasteiger partial charge in [0.15, 0.2) is 5.78 Å². The number of hydrogen-bond donors (Lipinski definition) is 1. The van der Waals surface area contributed by atoms with Gasteiger partial charge in [0.2, 0.25) is 0 Å². The zero-order chi connectivity index (χ0) is 21.5. The maximum Gasteiger partial charge on any atom is 0.303 e. The number of unbranched alkanes of at least 4 members (excludes halogenated alkanes) is 2. The Bertz CT molecular complexity index is 876. The quantitative estimate of drug-likeness (QED) is 0.366. The van der Waals surface area contributed by atoms with Crippen molar-refractivity contribution in [2.45, 2.75) is 64.5 Å². The molecule has 0 aliphatic carbocycles. The van der Waals surface area contributed by atoms with Crippen LogP contribution < -0.4 is 0 Å². The molecule has 1 aromatic carbocycles. The van der Waals surface area contributed by atoms with Crippen molar-refractivity contribution in [3.05, 3.63) is 58.4 Å². The van der Waals surface area contributed by atoms with Gasteiger partial charge in [-0.2, -0.15) is 0 Å². The number of aliphatic carboxylic acids is 1. The number of carboxylic acid groups (broad SMARTS) is 1. The van der Waals surface area contributed by atoms with Gasteiger partial charge < -0.3 is 14.4 Å². The summed E-state index contributed by atoms with van der Waals surface area (Å²) in [5.74, 6) is -1.04. The molecule has 3 rings (SSSR count). The van der Waals surface area contributed by atoms with Gasteiger partial charge in [-0.3, -0.25) is 9.59 Å². The number of benzene rings is 1. The number of aryl methyl sites for hydroxylation is 1. The smallest absolute Gasteiger partial charge is 0.303 e. The first-order valence-electron chi connectivity index (χ1n) is 10.7. The van der Waals surface area contributed by atoms with Crippen LogP contribution in [0.4, 0.5) is 0 Å². The number of aromatic nitrogens is 1. The normalized spacial score (nSPS) is 16.8. The molecule has 0 radical (unpaired) electrons. The van der Waals surface area contributed by atoms with E-state index < -0.39 is 5.97 Å². The van der Waals surface area contributed by atoms with E-state index in [4.69, 9.17) is 21.4 Å². The molecule has 0 saturated heterocycles. The Labute approximate surface area is 183 Å². The minimum absolute atomic E-state index is 0.00827. The molecular formula is C24H30ClNO4. The zero-order valence-corrected chi connectivity index (χ0v) is 18.2. The van der Waals surface area contributed by atoms with Crippen LogP contribution in [0.25, 0.3) is 0 Å². The molecule has 2 aromatic rings. The van der Waals surface area contributed by atoms with E-state index in [0.29, 0.717) is 12.2 Å². The van der Waals surface area contributed by atoms with Crippen LogP contribution in [0, 0.1) is 5.92 Å². The number of carbonyl (C=O) groups excluding carboxylic acids is 1. The predicted octanol–water partition coefficient (Wildman–Crippen LogP) is 5.70. The molecule has 0 saturated carbocycles. The largest absolute Gasteiger partial charge is 0.481 e. The molecule has 1 aliphatic rings. The van der Waals surface area contributed by atoms with Crippen LogP contribution in [0.3, 0.4) is 0 Å². The summed E-state index contributed by atoms with van der Waals surface area (Å²) in [6.07, 6.45) is 7.23. The Balaban J connectivity index is 1.54. The van der Waals surface area contributed by atoms with Crippen molar-refractivity contribution in [2.75, 3.05) is 6.61 Å². The monoisotopic (exact) mass is 431 g/mol. The van der Waals surface area contributed by atoms with E-state index in [1.807, 2.05) is 37.4 Å². The fraction of sp³-hybridized carbons (Fsp3) is 0.500. The molecule has 5 nitrogen and oxygen atoms in total. The van der Waals surface area contributed by atoms with Crippen molar-refractivity contribution in [3.63, 3.8) is 0 Å². The fourth-order valence-corrected chi connectivity index (χ4v) is 4.40. The molecule has 0 bridgehead atoms. The van der Waals surface area contributed by atoms with Crippen molar-refractivity contribution in [2.24, 2.45) is 5.92 Å². The topological polar surface area (TPSA) is 68.5 Å². The molecule has 1 N–H and O–H groups in total. The summed E-state index contributed by atoms with van der Waals surface area (Å²) in [6, 6.07) is 9.86. The second-order valence-electron chi connectivity index (χ2n) is 8.23. The molecule has 0 fully saturated rings. The summed E-state index contributed by atoms with van der Waals surface area (Å²) in [7, 11) is 0. The van der Waals surface area contributed by atoms with Gasteiger partial charge in [-0.25, -0.2) is 0 Å². The minimum Gasteiger partial charge on any atom is -0.481 e. The first-order chi connectivity index (χ1) is 14.4. The first kappa shape index (κ1) is 22.6. The van der Waals surface area contributed by atoms with Crippen LogP contribution in [-0.2, 0) is 22.5 Å². The van der Waals surface area contributed by atoms with Crippen molar-refractivity contribution in [1.82, 2.24) is 4.57 Å². The second-order valence-corrected chi connectivity index (χ2v) is 8.66. The number of ether oxygens (including phenoxy) is 1. The second kappa shape index (κ2) is 10.8. The van der Waals surface area contributed by atoms with Gasteiger partial charge in [-0.1, -0.05) is 43.5 Å². The van der Waals surface area contributed by atoms with Crippen LogP contribution in [0.1, 0.15) is 73.2 Å². The minimum atomic E-state index is -0.867. The van der Waals surface area contributed by atoms with Crippen LogP contribution in [0.15, 0.2) is 36.5 Å². The Hall–Kier alpha value is -2.11. The lowest BCUT2D eigenvalue weighted by atomic mass is 9.94. The third-order valence-electron chi connectivity index (χ3n) is 5.64. The standard InChI is InChI=1S/C24H30ClNO4/c1-17(15-23(28)29)14-21(27)20-10-11-26-12-13-30-22(24(20)26)9-4-2-3-6-18-7-5-8-19(25)16-18/h5,7-8,10-11,16-17,22H,2-4,6,9,12-15H2,1H3,(H,28,29)/t17-,22-/m0/s1. The Morgan fingerprint density at radius 1 is 1.23 bits per heavy atom. The number of nitrogens with zero attached hydrogens (tertiary/aromatic N) is 1. The Morgan fingerprint density at radius 2 is 2.07 bits per heavy atom. The van der Waals surface area contributed by atoms with E-state index in [0.717, 1.165) is 49.4 Å². The summed E-state index contributed by atoms with van der Waals surface area (Å²) in [5.41, 5.74) is 2.91. The number of rotatable bonds is 11. The van der Waals surface area contributed by atoms with Gasteiger partial charge in [0.05, 0.1) is 18.4 Å². The number of Topliss-reactive ketones (excluding diaryl/α,β-unsaturated/α-hetero) is 1. The molecule has 0 amide bonds. The summed E-state index contributed by atoms with van der Waals surface area (Å²) in [5, 5.41) is 9.72. The predicted molar refractivity (Wildman–Crippen MR) is 117 cm³/mol. The maximum absolute atomic E-state index is 12.8. The van der Waals surface area contributed by atoms with E-state index >= 15 is 0 Å². The number of halogens is 1. The molecule has 162 valence electrons. The fourth-order valence-electron chi connectivity index (χ4n) is 4.19. The molecule has 2 atom stereocenters. The van der Waals surface area contributed by atoms with E-state index in [2.05, 4.69) is 10.6 Å².